The maximum atomic E-state index is 12.9. The number of benzene rings is 1. The van der Waals surface area contributed by atoms with Crippen LogP contribution in [-0.2, 0) is 9.59 Å². The summed E-state index contributed by atoms with van der Waals surface area (Å²) < 4.78 is 5.30. The van der Waals surface area contributed by atoms with Gasteiger partial charge in [-0.3, -0.25) is 9.59 Å². The van der Waals surface area contributed by atoms with Crippen LogP contribution in [0.2, 0.25) is 0 Å². The standard InChI is InChI=1S/C21H28N4O3/c1-28-17-9-5-6-15(12-17)18-13-19-21(27)24(10-11-25(19)23-18)14-20(26)22-16-7-3-2-4-8-16/h5-6,9-12,16,18-19,23H,2-4,7-8,13-14H2,1H3,(H,22,26). The summed E-state index contributed by atoms with van der Waals surface area (Å²) in [5, 5.41) is 4.93. The van der Waals surface area contributed by atoms with Crippen molar-refractivity contribution in [2.24, 2.45) is 0 Å². The fourth-order valence-corrected chi connectivity index (χ4v) is 4.32. The topological polar surface area (TPSA) is 73.9 Å². The fraction of sp³-hybridized carbons (Fsp3) is 0.524. The molecule has 1 aliphatic carbocycles. The second kappa shape index (κ2) is 8.22. The molecule has 2 aliphatic heterocycles. The molecule has 2 fully saturated rings. The van der Waals surface area contributed by atoms with E-state index >= 15 is 0 Å². The fourth-order valence-electron chi connectivity index (χ4n) is 4.32. The highest BCUT2D eigenvalue weighted by Crippen LogP contribution is 2.32. The van der Waals surface area contributed by atoms with Crippen LogP contribution >= 0.6 is 0 Å². The van der Waals surface area contributed by atoms with Gasteiger partial charge in [0, 0.05) is 18.4 Å². The molecule has 3 aliphatic rings. The summed E-state index contributed by atoms with van der Waals surface area (Å²) in [6.07, 6.45) is 9.86. The quantitative estimate of drug-likeness (QED) is 0.813. The average Bonchev–Trinajstić information content (AvgIpc) is 3.16. The minimum Gasteiger partial charge on any atom is -0.497 e. The number of amides is 2. The smallest absolute Gasteiger partial charge is 0.251 e. The van der Waals surface area contributed by atoms with Crippen molar-refractivity contribution in [1.82, 2.24) is 20.7 Å². The monoisotopic (exact) mass is 384 g/mol. The van der Waals surface area contributed by atoms with Gasteiger partial charge in [0.15, 0.2) is 0 Å². The summed E-state index contributed by atoms with van der Waals surface area (Å²) in [5.74, 6) is 0.680. The van der Waals surface area contributed by atoms with E-state index in [9.17, 15) is 9.59 Å². The minimum atomic E-state index is -0.302. The van der Waals surface area contributed by atoms with Gasteiger partial charge in [-0.15, -0.1) is 0 Å². The van der Waals surface area contributed by atoms with Gasteiger partial charge in [-0.25, -0.2) is 5.43 Å². The molecule has 1 aromatic rings. The average molecular weight is 384 g/mol. The number of carbonyl (C=O) groups excluding carboxylic acids is 2. The first-order chi connectivity index (χ1) is 13.6. The molecule has 150 valence electrons. The Morgan fingerprint density at radius 1 is 1.25 bits per heavy atom. The van der Waals surface area contributed by atoms with Crippen molar-refractivity contribution in [1.29, 1.82) is 0 Å². The largest absolute Gasteiger partial charge is 0.497 e. The van der Waals surface area contributed by atoms with Crippen LogP contribution in [-0.4, -0.2) is 47.5 Å². The van der Waals surface area contributed by atoms with Gasteiger partial charge in [0.05, 0.1) is 13.2 Å². The molecule has 2 heterocycles. The molecule has 1 saturated heterocycles. The van der Waals surface area contributed by atoms with Crippen molar-refractivity contribution in [3.05, 3.63) is 42.2 Å². The van der Waals surface area contributed by atoms with Crippen molar-refractivity contribution in [2.75, 3.05) is 13.7 Å². The second-order valence-electron chi connectivity index (χ2n) is 7.78. The first-order valence-electron chi connectivity index (χ1n) is 10.1. The Hall–Kier alpha value is -2.54. The molecule has 2 amide bonds. The lowest BCUT2D eigenvalue weighted by molar-refractivity contribution is -0.138. The van der Waals surface area contributed by atoms with E-state index in [2.05, 4.69) is 10.7 Å². The molecule has 0 aromatic heterocycles. The van der Waals surface area contributed by atoms with Crippen LogP contribution in [0.15, 0.2) is 36.7 Å². The second-order valence-corrected chi connectivity index (χ2v) is 7.78. The number of hydrazine groups is 1. The van der Waals surface area contributed by atoms with Crippen LogP contribution in [0.3, 0.4) is 0 Å². The predicted octanol–water partition coefficient (Wildman–Crippen LogP) is 2.08. The molecule has 0 bridgehead atoms. The Morgan fingerprint density at radius 2 is 2.07 bits per heavy atom. The molecule has 2 N–H and O–H groups in total. The van der Waals surface area contributed by atoms with Crippen molar-refractivity contribution in [2.45, 2.75) is 56.7 Å². The normalized spacial score (nSPS) is 25.0. The van der Waals surface area contributed by atoms with E-state index in [0.717, 1.165) is 24.2 Å². The lowest BCUT2D eigenvalue weighted by atomic mass is 9.95. The third-order valence-corrected chi connectivity index (χ3v) is 5.86. The Morgan fingerprint density at radius 3 is 2.86 bits per heavy atom. The Balaban J connectivity index is 1.36. The van der Waals surface area contributed by atoms with Gasteiger partial charge < -0.3 is 20.0 Å². The molecule has 0 spiro atoms. The summed E-state index contributed by atoms with van der Waals surface area (Å²) in [5.41, 5.74) is 4.45. The van der Waals surface area contributed by atoms with E-state index in [1.165, 1.54) is 24.2 Å². The van der Waals surface area contributed by atoms with E-state index in [1.807, 2.05) is 35.5 Å². The molecule has 7 nitrogen and oxygen atoms in total. The maximum absolute atomic E-state index is 12.9. The number of fused-ring (bicyclic) bond motifs is 1. The lowest BCUT2D eigenvalue weighted by Crippen LogP contribution is -2.51. The first kappa shape index (κ1) is 18.8. The van der Waals surface area contributed by atoms with Crippen molar-refractivity contribution >= 4 is 11.8 Å². The van der Waals surface area contributed by atoms with E-state index in [1.54, 1.807) is 13.3 Å². The van der Waals surface area contributed by atoms with Gasteiger partial charge in [0.25, 0.3) is 5.91 Å². The minimum absolute atomic E-state index is 0.0321. The summed E-state index contributed by atoms with van der Waals surface area (Å²) in [7, 11) is 1.65. The van der Waals surface area contributed by atoms with Crippen LogP contribution in [0.25, 0.3) is 0 Å². The third kappa shape index (κ3) is 3.99. The molecular formula is C21H28N4O3. The van der Waals surface area contributed by atoms with Gasteiger partial charge in [-0.05, 0) is 37.0 Å². The van der Waals surface area contributed by atoms with Crippen LogP contribution in [0.5, 0.6) is 5.75 Å². The molecule has 2 unspecified atom stereocenters. The summed E-state index contributed by atoms with van der Waals surface area (Å²) in [6, 6.07) is 7.86. The number of hydrogen-bond acceptors (Lipinski definition) is 5. The zero-order valence-corrected chi connectivity index (χ0v) is 16.3. The van der Waals surface area contributed by atoms with Gasteiger partial charge in [-0.2, -0.15) is 0 Å². The SMILES string of the molecule is COc1cccc(C2CC3C(=O)N(CC(=O)NC4CCCCC4)C=CN3N2)c1. The highest BCUT2D eigenvalue weighted by molar-refractivity contribution is 5.89. The highest BCUT2D eigenvalue weighted by atomic mass is 16.5. The molecule has 2 atom stereocenters. The molecule has 4 rings (SSSR count). The number of methoxy groups -OCH3 is 1. The first-order valence-corrected chi connectivity index (χ1v) is 10.1. The third-order valence-electron chi connectivity index (χ3n) is 5.86. The number of nitrogens with zero attached hydrogens (tertiary/aromatic N) is 2. The number of carbonyl (C=O) groups is 2. The van der Waals surface area contributed by atoms with Crippen LogP contribution in [0.4, 0.5) is 0 Å². The molecule has 7 heteroatoms. The lowest BCUT2D eigenvalue weighted by Gasteiger charge is -2.32. The zero-order chi connectivity index (χ0) is 19.5. The van der Waals surface area contributed by atoms with Crippen LogP contribution < -0.4 is 15.5 Å². The Kier molecular flexibility index (Phi) is 5.52. The summed E-state index contributed by atoms with van der Waals surface area (Å²) in [6.45, 7) is 0.0833. The van der Waals surface area contributed by atoms with Gasteiger partial charge in [0.1, 0.15) is 18.3 Å². The zero-order valence-electron chi connectivity index (χ0n) is 16.3. The predicted molar refractivity (Wildman–Crippen MR) is 105 cm³/mol. The van der Waals surface area contributed by atoms with Gasteiger partial charge in [0.2, 0.25) is 5.91 Å². The van der Waals surface area contributed by atoms with E-state index < -0.39 is 0 Å². The maximum Gasteiger partial charge on any atom is 0.251 e. The van der Waals surface area contributed by atoms with Crippen LogP contribution in [0.1, 0.15) is 50.1 Å². The Bertz CT molecular complexity index is 760. The van der Waals surface area contributed by atoms with Crippen molar-refractivity contribution < 1.29 is 14.3 Å². The van der Waals surface area contributed by atoms with Crippen molar-refractivity contribution in [3.8, 4) is 5.75 Å². The molecular weight excluding hydrogens is 356 g/mol. The number of ether oxygens (including phenoxy) is 1. The van der Waals surface area contributed by atoms with E-state index in [4.69, 9.17) is 4.74 Å². The highest BCUT2D eigenvalue weighted by Gasteiger charge is 2.40. The van der Waals surface area contributed by atoms with E-state index in [-0.39, 0.29) is 36.5 Å². The van der Waals surface area contributed by atoms with Gasteiger partial charge >= 0.3 is 0 Å². The van der Waals surface area contributed by atoms with Crippen LogP contribution in [0, 0.1) is 0 Å². The molecule has 28 heavy (non-hydrogen) atoms. The van der Waals surface area contributed by atoms with E-state index in [0.29, 0.717) is 6.42 Å². The summed E-state index contributed by atoms with van der Waals surface area (Å²) in [4.78, 5) is 26.9. The molecule has 1 saturated carbocycles. The molecule has 0 radical (unpaired) electrons. The van der Waals surface area contributed by atoms with Gasteiger partial charge in [-0.1, -0.05) is 31.4 Å². The number of nitrogens with one attached hydrogen (secondary N) is 2. The number of rotatable bonds is 5. The Labute approximate surface area is 165 Å². The molecule has 1 aromatic carbocycles. The number of hydrogen-bond donors (Lipinski definition) is 2. The summed E-state index contributed by atoms with van der Waals surface area (Å²) >= 11 is 0. The van der Waals surface area contributed by atoms with Crippen molar-refractivity contribution in [3.63, 3.8) is 0 Å².